The van der Waals surface area contributed by atoms with Gasteiger partial charge in [0.2, 0.25) is 0 Å². The van der Waals surface area contributed by atoms with E-state index in [9.17, 15) is 0 Å². The average Bonchev–Trinajstić information content (AvgIpc) is 2.72. The molecule has 0 amide bonds. The van der Waals surface area contributed by atoms with Crippen LogP contribution in [-0.4, -0.2) is 12.7 Å². The number of nitriles is 2. The number of rotatable bonds is 5. The standard InChI is InChI=1S/C23H28N2O/c24-15-1-2-18-7-13-23(14-8-18)26-17-20-5-11-22(12-6-20)21-9-3-19(16-25)4-10-21/h1-4,9-10,18,20,22-23H,5-8,11-14,17H2/b2-1+. The van der Waals surface area contributed by atoms with Crippen molar-refractivity contribution in [2.24, 2.45) is 11.8 Å². The molecule has 2 fully saturated rings. The van der Waals surface area contributed by atoms with E-state index in [0.29, 0.717) is 23.9 Å². The molecule has 0 aromatic heterocycles. The summed E-state index contributed by atoms with van der Waals surface area (Å²) in [5.74, 6) is 1.90. The molecule has 3 heteroatoms. The van der Waals surface area contributed by atoms with Crippen molar-refractivity contribution in [2.45, 2.75) is 63.4 Å². The molecule has 0 N–H and O–H groups in total. The van der Waals surface area contributed by atoms with E-state index >= 15 is 0 Å². The second-order valence-electron chi connectivity index (χ2n) is 7.81. The molecule has 0 radical (unpaired) electrons. The lowest BCUT2D eigenvalue weighted by atomic mass is 9.79. The van der Waals surface area contributed by atoms with Crippen molar-refractivity contribution in [1.82, 2.24) is 0 Å². The maximum atomic E-state index is 8.91. The van der Waals surface area contributed by atoms with Gasteiger partial charge >= 0.3 is 0 Å². The van der Waals surface area contributed by atoms with Gasteiger partial charge in [0, 0.05) is 12.7 Å². The molecule has 26 heavy (non-hydrogen) atoms. The van der Waals surface area contributed by atoms with Crippen molar-refractivity contribution in [3.05, 3.63) is 47.5 Å². The highest BCUT2D eigenvalue weighted by molar-refractivity contribution is 5.33. The summed E-state index contributed by atoms with van der Waals surface area (Å²) in [6.45, 7) is 0.906. The third-order valence-corrected chi connectivity index (χ3v) is 6.09. The van der Waals surface area contributed by atoms with Crippen LogP contribution in [0, 0.1) is 34.5 Å². The molecule has 0 spiro atoms. The molecule has 3 rings (SSSR count). The minimum absolute atomic E-state index is 0.415. The molecule has 1 aromatic rings. The van der Waals surface area contributed by atoms with Crippen molar-refractivity contribution in [3.63, 3.8) is 0 Å². The van der Waals surface area contributed by atoms with Gasteiger partial charge in [0.1, 0.15) is 0 Å². The van der Waals surface area contributed by atoms with E-state index in [1.54, 1.807) is 6.08 Å². The highest BCUT2D eigenvalue weighted by atomic mass is 16.5. The molecule has 0 aliphatic heterocycles. The maximum absolute atomic E-state index is 8.91. The summed E-state index contributed by atoms with van der Waals surface area (Å²) in [7, 11) is 0. The Morgan fingerprint density at radius 3 is 2.23 bits per heavy atom. The molecule has 0 unspecified atom stereocenters. The number of allylic oxidation sites excluding steroid dienone is 2. The first-order valence-corrected chi connectivity index (χ1v) is 9.96. The van der Waals surface area contributed by atoms with E-state index in [1.807, 2.05) is 12.1 Å². The van der Waals surface area contributed by atoms with Crippen LogP contribution in [0.4, 0.5) is 0 Å². The Bertz CT molecular complexity index is 664. The fourth-order valence-corrected chi connectivity index (χ4v) is 4.39. The van der Waals surface area contributed by atoms with Gasteiger partial charge in [0.15, 0.2) is 0 Å². The summed E-state index contributed by atoms with van der Waals surface area (Å²) in [6, 6.07) is 12.4. The zero-order valence-corrected chi connectivity index (χ0v) is 15.4. The second-order valence-corrected chi connectivity index (χ2v) is 7.81. The van der Waals surface area contributed by atoms with Crippen LogP contribution in [0.2, 0.25) is 0 Å². The van der Waals surface area contributed by atoms with Crippen LogP contribution in [0.5, 0.6) is 0 Å². The Hall–Kier alpha value is -2.10. The van der Waals surface area contributed by atoms with Gasteiger partial charge in [-0.25, -0.2) is 0 Å². The predicted octanol–water partition coefficient (Wildman–Crippen LogP) is 5.49. The Balaban J connectivity index is 1.36. The number of hydrogen-bond donors (Lipinski definition) is 0. The summed E-state index contributed by atoms with van der Waals surface area (Å²) in [5, 5.41) is 17.5. The van der Waals surface area contributed by atoms with Crippen LogP contribution in [-0.2, 0) is 4.74 Å². The molecule has 0 saturated heterocycles. The van der Waals surface area contributed by atoms with Crippen molar-refractivity contribution in [1.29, 1.82) is 10.5 Å². The molecule has 2 aliphatic carbocycles. The number of benzene rings is 1. The zero-order valence-electron chi connectivity index (χ0n) is 15.4. The fourth-order valence-electron chi connectivity index (χ4n) is 4.39. The molecule has 136 valence electrons. The molecular formula is C23H28N2O. The monoisotopic (exact) mass is 348 g/mol. The van der Waals surface area contributed by atoms with Crippen molar-refractivity contribution < 1.29 is 4.74 Å². The highest BCUT2D eigenvalue weighted by Gasteiger charge is 2.25. The third kappa shape index (κ3) is 5.20. The van der Waals surface area contributed by atoms with E-state index in [2.05, 4.69) is 30.3 Å². The topological polar surface area (TPSA) is 56.8 Å². The van der Waals surface area contributed by atoms with Crippen molar-refractivity contribution in [3.8, 4) is 12.1 Å². The average molecular weight is 348 g/mol. The van der Waals surface area contributed by atoms with Crippen LogP contribution in [0.3, 0.4) is 0 Å². The van der Waals surface area contributed by atoms with Gasteiger partial charge in [-0.1, -0.05) is 18.2 Å². The molecule has 2 aliphatic rings. The van der Waals surface area contributed by atoms with Crippen molar-refractivity contribution in [2.75, 3.05) is 6.61 Å². The number of nitrogens with zero attached hydrogens (tertiary/aromatic N) is 2. The Kier molecular flexibility index (Phi) is 6.87. The van der Waals surface area contributed by atoms with E-state index in [-0.39, 0.29) is 0 Å². The van der Waals surface area contributed by atoms with Crippen LogP contribution in [0.1, 0.15) is 68.4 Å². The summed E-state index contributed by atoms with van der Waals surface area (Å²) in [6.07, 6.45) is 13.6. The second kappa shape index (κ2) is 9.56. The van der Waals surface area contributed by atoms with Gasteiger partial charge in [-0.15, -0.1) is 0 Å². The Morgan fingerprint density at radius 1 is 0.923 bits per heavy atom. The first-order chi connectivity index (χ1) is 12.8. The number of ether oxygens (including phenoxy) is 1. The fraction of sp³-hybridized carbons (Fsp3) is 0.565. The summed E-state index contributed by atoms with van der Waals surface area (Å²) in [5.41, 5.74) is 2.13. The highest BCUT2D eigenvalue weighted by Crippen LogP contribution is 2.36. The predicted molar refractivity (Wildman–Crippen MR) is 102 cm³/mol. The summed E-state index contributed by atoms with van der Waals surface area (Å²) >= 11 is 0. The summed E-state index contributed by atoms with van der Waals surface area (Å²) < 4.78 is 6.22. The van der Waals surface area contributed by atoms with E-state index in [4.69, 9.17) is 15.3 Å². The Labute approximate surface area is 157 Å². The van der Waals surface area contributed by atoms with Gasteiger partial charge in [-0.05, 0) is 86.8 Å². The molecule has 0 atom stereocenters. The van der Waals surface area contributed by atoms with Gasteiger partial charge in [-0.3, -0.25) is 0 Å². The lowest BCUT2D eigenvalue weighted by Crippen LogP contribution is -2.25. The molecule has 0 bridgehead atoms. The maximum Gasteiger partial charge on any atom is 0.0991 e. The first-order valence-electron chi connectivity index (χ1n) is 9.96. The van der Waals surface area contributed by atoms with E-state index in [1.165, 1.54) is 31.2 Å². The molecule has 3 nitrogen and oxygen atoms in total. The molecule has 1 aromatic carbocycles. The quantitative estimate of drug-likeness (QED) is 0.661. The third-order valence-electron chi connectivity index (χ3n) is 6.09. The van der Waals surface area contributed by atoms with E-state index in [0.717, 1.165) is 37.9 Å². The molecule has 2 saturated carbocycles. The van der Waals surface area contributed by atoms with Crippen molar-refractivity contribution >= 4 is 0 Å². The normalized spacial score (nSPS) is 29.2. The van der Waals surface area contributed by atoms with Crippen LogP contribution >= 0.6 is 0 Å². The minimum Gasteiger partial charge on any atom is -0.378 e. The van der Waals surface area contributed by atoms with Crippen LogP contribution < -0.4 is 0 Å². The van der Waals surface area contributed by atoms with Gasteiger partial charge in [0.05, 0.1) is 23.8 Å². The van der Waals surface area contributed by atoms with E-state index < -0.39 is 0 Å². The Morgan fingerprint density at radius 2 is 1.62 bits per heavy atom. The largest absolute Gasteiger partial charge is 0.378 e. The number of hydrogen-bond acceptors (Lipinski definition) is 3. The van der Waals surface area contributed by atoms with Crippen LogP contribution in [0.25, 0.3) is 0 Å². The smallest absolute Gasteiger partial charge is 0.0991 e. The summed E-state index contributed by atoms with van der Waals surface area (Å²) in [4.78, 5) is 0. The minimum atomic E-state index is 0.415. The SMILES string of the molecule is N#C/C=C/C1CCC(OCC2CCC(c3ccc(C#N)cc3)CC2)CC1. The zero-order chi connectivity index (χ0) is 18.2. The van der Waals surface area contributed by atoms with Crippen LogP contribution in [0.15, 0.2) is 36.4 Å². The first kappa shape index (κ1) is 18.7. The lowest BCUT2D eigenvalue weighted by molar-refractivity contribution is -0.00456. The van der Waals surface area contributed by atoms with Gasteiger partial charge in [0.25, 0.3) is 0 Å². The molecule has 0 heterocycles. The van der Waals surface area contributed by atoms with Gasteiger partial charge in [-0.2, -0.15) is 10.5 Å². The van der Waals surface area contributed by atoms with Gasteiger partial charge < -0.3 is 4.74 Å². The molecular weight excluding hydrogens is 320 g/mol. The lowest BCUT2D eigenvalue weighted by Gasteiger charge is -2.32.